The van der Waals surface area contributed by atoms with E-state index in [1.54, 1.807) is 29.3 Å². The van der Waals surface area contributed by atoms with Crippen LogP contribution in [0.1, 0.15) is 59.8 Å². The highest BCUT2D eigenvalue weighted by Gasteiger charge is 2.35. The van der Waals surface area contributed by atoms with Crippen LogP contribution in [0, 0.1) is 6.92 Å². The van der Waals surface area contributed by atoms with Crippen molar-refractivity contribution in [1.29, 1.82) is 0 Å². The third kappa shape index (κ3) is 5.05. The first-order chi connectivity index (χ1) is 15.6. The Morgan fingerprint density at radius 2 is 1.59 bits per heavy atom. The number of carbonyl (C=O) groups excluding carboxylic acids is 2. The number of para-hydroxylation sites is 1. The van der Waals surface area contributed by atoms with Crippen molar-refractivity contribution in [1.82, 2.24) is 10.3 Å². The third-order valence-corrected chi connectivity index (χ3v) is 5.99. The smallest absolute Gasteiger partial charge is 0.277 e. The Labute approximate surface area is 189 Å². The summed E-state index contributed by atoms with van der Waals surface area (Å²) in [6.45, 7) is 2.01. The van der Waals surface area contributed by atoms with Crippen molar-refractivity contribution in [3.05, 3.63) is 95.8 Å². The Morgan fingerprint density at radius 3 is 2.25 bits per heavy atom. The molecule has 5 nitrogen and oxygen atoms in total. The fourth-order valence-electron chi connectivity index (χ4n) is 4.28. The molecule has 1 fully saturated rings. The van der Waals surface area contributed by atoms with Crippen molar-refractivity contribution in [2.24, 2.45) is 0 Å². The van der Waals surface area contributed by atoms with E-state index in [0.717, 1.165) is 36.8 Å². The summed E-state index contributed by atoms with van der Waals surface area (Å²) in [5, 5.41) is 3.24. The van der Waals surface area contributed by atoms with E-state index >= 15 is 0 Å². The fraction of sp³-hybridized carbons (Fsp3) is 0.296. The van der Waals surface area contributed by atoms with Gasteiger partial charge in [-0.25, -0.2) is 0 Å². The summed E-state index contributed by atoms with van der Waals surface area (Å²) in [6, 6.07) is 21.8. The lowest BCUT2D eigenvalue weighted by atomic mass is 9.94. The summed E-state index contributed by atoms with van der Waals surface area (Å²) in [4.78, 5) is 33.3. The second kappa shape index (κ2) is 10.2. The predicted molar refractivity (Wildman–Crippen MR) is 126 cm³/mol. The molecule has 3 aromatic rings. The Kier molecular flexibility index (Phi) is 6.95. The van der Waals surface area contributed by atoms with Gasteiger partial charge in [0.1, 0.15) is 11.7 Å². The normalized spacial score (nSPS) is 15.0. The Morgan fingerprint density at radius 1 is 0.906 bits per heavy atom. The number of rotatable bonds is 6. The number of anilines is 1. The number of aromatic nitrogens is 1. The molecule has 1 aliphatic rings. The molecule has 1 aromatic heterocycles. The average molecular weight is 428 g/mol. The van der Waals surface area contributed by atoms with Gasteiger partial charge in [0.15, 0.2) is 0 Å². The highest BCUT2D eigenvalue weighted by molar-refractivity contribution is 6.09. The molecule has 164 valence electrons. The van der Waals surface area contributed by atoms with E-state index in [-0.39, 0.29) is 17.9 Å². The molecular weight excluding hydrogens is 398 g/mol. The molecule has 4 rings (SSSR count). The monoisotopic (exact) mass is 427 g/mol. The van der Waals surface area contributed by atoms with Gasteiger partial charge in [0.05, 0.1) is 0 Å². The molecule has 0 saturated heterocycles. The number of pyridine rings is 1. The van der Waals surface area contributed by atoms with Crippen molar-refractivity contribution in [3.63, 3.8) is 0 Å². The van der Waals surface area contributed by atoms with Crippen molar-refractivity contribution in [2.45, 2.75) is 51.1 Å². The molecule has 32 heavy (non-hydrogen) atoms. The Hall–Kier alpha value is -3.47. The minimum absolute atomic E-state index is 0.145. The van der Waals surface area contributed by atoms with Gasteiger partial charge in [-0.15, -0.1) is 0 Å². The van der Waals surface area contributed by atoms with Crippen LogP contribution in [0.25, 0.3) is 0 Å². The molecule has 0 radical (unpaired) electrons. The molecule has 2 aromatic carbocycles. The van der Waals surface area contributed by atoms with Gasteiger partial charge in [-0.2, -0.15) is 0 Å². The molecule has 1 unspecified atom stereocenters. The number of amides is 2. The zero-order valence-corrected chi connectivity index (χ0v) is 18.4. The van der Waals surface area contributed by atoms with Gasteiger partial charge in [0, 0.05) is 17.9 Å². The lowest BCUT2D eigenvalue weighted by Crippen LogP contribution is -2.47. The number of benzene rings is 2. The minimum atomic E-state index is -0.797. The number of nitrogens with one attached hydrogen (secondary N) is 1. The van der Waals surface area contributed by atoms with Crippen LogP contribution in [0.3, 0.4) is 0 Å². The van der Waals surface area contributed by atoms with Crippen LogP contribution in [0.15, 0.2) is 79.0 Å². The molecule has 5 heteroatoms. The second-order valence-electron chi connectivity index (χ2n) is 8.38. The number of hydrogen-bond donors (Lipinski definition) is 1. The van der Waals surface area contributed by atoms with Crippen LogP contribution in [0.4, 0.5) is 5.69 Å². The zero-order chi connectivity index (χ0) is 22.3. The van der Waals surface area contributed by atoms with Gasteiger partial charge >= 0.3 is 0 Å². The second-order valence-corrected chi connectivity index (χ2v) is 8.38. The maximum Gasteiger partial charge on any atom is 0.277 e. The van der Waals surface area contributed by atoms with Gasteiger partial charge < -0.3 is 5.32 Å². The van der Waals surface area contributed by atoms with Crippen molar-refractivity contribution in [2.75, 3.05) is 4.90 Å². The van der Waals surface area contributed by atoms with Crippen molar-refractivity contribution < 1.29 is 9.59 Å². The molecule has 1 heterocycles. The van der Waals surface area contributed by atoms with Crippen LogP contribution in [0.2, 0.25) is 0 Å². The average Bonchev–Trinajstić information content (AvgIpc) is 2.84. The molecule has 1 atom stereocenters. The van der Waals surface area contributed by atoms with E-state index in [0.29, 0.717) is 11.4 Å². The van der Waals surface area contributed by atoms with E-state index < -0.39 is 6.04 Å². The van der Waals surface area contributed by atoms with Crippen LogP contribution >= 0.6 is 0 Å². The van der Waals surface area contributed by atoms with E-state index in [1.807, 2.05) is 61.5 Å². The van der Waals surface area contributed by atoms with E-state index in [4.69, 9.17) is 0 Å². The summed E-state index contributed by atoms with van der Waals surface area (Å²) < 4.78 is 0. The molecular formula is C27H29N3O2. The summed E-state index contributed by atoms with van der Waals surface area (Å²) in [5.74, 6) is -0.463. The van der Waals surface area contributed by atoms with Gasteiger partial charge in [-0.05, 0) is 49.6 Å². The molecule has 2 amide bonds. The van der Waals surface area contributed by atoms with Crippen molar-refractivity contribution in [3.8, 4) is 0 Å². The molecule has 1 aliphatic carbocycles. The molecule has 1 N–H and O–H groups in total. The highest BCUT2D eigenvalue weighted by Crippen LogP contribution is 2.30. The van der Waals surface area contributed by atoms with Crippen LogP contribution in [0.5, 0.6) is 0 Å². The largest absolute Gasteiger partial charge is 0.351 e. The predicted octanol–water partition coefficient (Wildman–Crippen LogP) is 5.23. The number of hydrogen-bond acceptors (Lipinski definition) is 3. The van der Waals surface area contributed by atoms with Gasteiger partial charge in [-0.3, -0.25) is 19.5 Å². The molecule has 0 aliphatic heterocycles. The highest BCUT2D eigenvalue weighted by atomic mass is 16.2. The molecule has 1 saturated carbocycles. The third-order valence-electron chi connectivity index (χ3n) is 5.99. The van der Waals surface area contributed by atoms with Crippen LogP contribution < -0.4 is 10.2 Å². The van der Waals surface area contributed by atoms with Gasteiger partial charge in [0.2, 0.25) is 5.91 Å². The molecule has 0 bridgehead atoms. The van der Waals surface area contributed by atoms with Crippen molar-refractivity contribution >= 4 is 17.5 Å². The zero-order valence-electron chi connectivity index (χ0n) is 18.4. The Balaban J connectivity index is 1.77. The maximum atomic E-state index is 13.7. The first-order valence-corrected chi connectivity index (χ1v) is 11.3. The lowest BCUT2D eigenvalue weighted by molar-refractivity contribution is -0.123. The SMILES string of the molecule is Cc1ccc(C(C(=O)NC2CCCCC2)N(C(=O)c2ccccn2)c2ccccc2)cc1. The van der Waals surface area contributed by atoms with Gasteiger partial charge in [0.25, 0.3) is 5.91 Å². The maximum absolute atomic E-state index is 13.7. The van der Waals surface area contributed by atoms with E-state index in [2.05, 4.69) is 10.3 Å². The fourth-order valence-corrected chi connectivity index (χ4v) is 4.28. The summed E-state index contributed by atoms with van der Waals surface area (Å²) >= 11 is 0. The molecule has 0 spiro atoms. The van der Waals surface area contributed by atoms with E-state index in [9.17, 15) is 9.59 Å². The number of aryl methyl sites for hydroxylation is 1. The van der Waals surface area contributed by atoms with E-state index in [1.165, 1.54) is 6.42 Å². The van der Waals surface area contributed by atoms with Crippen LogP contribution in [-0.4, -0.2) is 22.8 Å². The summed E-state index contributed by atoms with van der Waals surface area (Å²) in [7, 11) is 0. The summed E-state index contributed by atoms with van der Waals surface area (Å²) in [5.41, 5.74) is 2.84. The quantitative estimate of drug-likeness (QED) is 0.586. The number of carbonyl (C=O) groups is 2. The summed E-state index contributed by atoms with van der Waals surface area (Å²) in [6.07, 6.45) is 7.00. The lowest BCUT2D eigenvalue weighted by Gasteiger charge is -2.33. The first kappa shape index (κ1) is 21.8. The first-order valence-electron chi connectivity index (χ1n) is 11.3. The standard InChI is InChI=1S/C27H29N3O2/c1-20-15-17-21(18-16-20)25(26(31)29-22-10-4-2-5-11-22)30(23-12-6-3-7-13-23)27(32)24-14-8-9-19-28-24/h3,6-9,12-19,22,25H,2,4-5,10-11H2,1H3,(H,29,31). The minimum Gasteiger partial charge on any atom is -0.351 e. The van der Waals surface area contributed by atoms with Crippen LogP contribution in [-0.2, 0) is 4.79 Å². The van der Waals surface area contributed by atoms with Gasteiger partial charge in [-0.1, -0.05) is 73.4 Å². The topological polar surface area (TPSA) is 62.3 Å². The number of nitrogens with zero attached hydrogens (tertiary/aromatic N) is 2. The Bertz CT molecular complexity index is 1030.